The summed E-state index contributed by atoms with van der Waals surface area (Å²) in [6.07, 6.45) is 1.46. The summed E-state index contributed by atoms with van der Waals surface area (Å²) in [6, 6.07) is 14.1. The van der Waals surface area contributed by atoms with E-state index in [-0.39, 0.29) is 23.2 Å². The number of anilines is 1. The van der Waals surface area contributed by atoms with Gasteiger partial charge >= 0.3 is 0 Å². The molecular weight excluding hydrogens is 408 g/mol. The van der Waals surface area contributed by atoms with E-state index >= 15 is 0 Å². The molecule has 1 fully saturated rings. The molecule has 0 spiro atoms. The number of benzene rings is 2. The third-order valence-electron chi connectivity index (χ3n) is 5.14. The second-order valence-electron chi connectivity index (χ2n) is 7.67. The van der Waals surface area contributed by atoms with Crippen LogP contribution in [0.5, 0.6) is 0 Å². The topological polar surface area (TPSA) is 74.8 Å². The molecule has 6 nitrogen and oxygen atoms in total. The number of rotatable bonds is 6. The predicted octanol–water partition coefficient (Wildman–Crippen LogP) is 3.52. The molecule has 158 valence electrons. The highest BCUT2D eigenvalue weighted by atomic mass is 32.2. The summed E-state index contributed by atoms with van der Waals surface area (Å²) in [7, 11) is -7.08. The number of nitrogens with zero attached hydrogens (tertiary/aromatic N) is 2. The van der Waals surface area contributed by atoms with E-state index in [9.17, 15) is 16.8 Å². The second kappa shape index (κ2) is 8.45. The maximum absolute atomic E-state index is 13.4. The fraction of sp³-hybridized carbons (Fsp3) is 0.429. The van der Waals surface area contributed by atoms with Crippen molar-refractivity contribution in [1.29, 1.82) is 0 Å². The molecule has 1 aliphatic heterocycles. The third-order valence-corrected chi connectivity index (χ3v) is 9.19. The lowest BCUT2D eigenvalue weighted by atomic mass is 10.2. The normalized spacial score (nSPS) is 17.1. The van der Waals surface area contributed by atoms with Crippen LogP contribution in [-0.2, 0) is 26.6 Å². The molecule has 1 aliphatic rings. The minimum atomic E-state index is -3.74. The van der Waals surface area contributed by atoms with Gasteiger partial charge in [0.2, 0.25) is 20.0 Å². The lowest BCUT2D eigenvalue weighted by Crippen LogP contribution is -2.38. The van der Waals surface area contributed by atoms with Crippen molar-refractivity contribution < 1.29 is 16.8 Å². The Morgan fingerprint density at radius 3 is 2.34 bits per heavy atom. The van der Waals surface area contributed by atoms with Crippen LogP contribution >= 0.6 is 0 Å². The fourth-order valence-electron chi connectivity index (χ4n) is 3.59. The van der Waals surface area contributed by atoms with E-state index in [1.54, 1.807) is 19.1 Å². The second-order valence-corrected chi connectivity index (χ2v) is 11.5. The van der Waals surface area contributed by atoms with Gasteiger partial charge in [-0.25, -0.2) is 16.8 Å². The van der Waals surface area contributed by atoms with E-state index < -0.39 is 20.0 Å². The maximum Gasteiger partial charge on any atom is 0.243 e. The van der Waals surface area contributed by atoms with Crippen molar-refractivity contribution in [3.8, 4) is 0 Å². The standard InChI is InChI=1S/C21H28N2O4S2/c1-17(2)23(16-19-9-5-4-6-10-19)29(26,27)21-12-11-20(15-18(21)3)22-13-7-8-14-28(22,24)25/h4-6,9-12,15,17H,7-8,13-14,16H2,1-3H3. The molecular formula is C21H28N2O4S2. The molecule has 0 aliphatic carbocycles. The van der Waals surface area contributed by atoms with Gasteiger partial charge in [0.15, 0.2) is 0 Å². The van der Waals surface area contributed by atoms with E-state index in [4.69, 9.17) is 0 Å². The Bertz CT molecular complexity index is 1070. The molecule has 0 N–H and O–H groups in total. The van der Waals surface area contributed by atoms with Gasteiger partial charge in [-0.2, -0.15) is 4.31 Å². The quantitative estimate of drug-likeness (QED) is 0.694. The average Bonchev–Trinajstić information content (AvgIpc) is 2.66. The Kier molecular flexibility index (Phi) is 6.36. The zero-order chi connectivity index (χ0) is 21.2. The van der Waals surface area contributed by atoms with Gasteiger partial charge in [-0.3, -0.25) is 4.31 Å². The number of aryl methyl sites for hydroxylation is 1. The predicted molar refractivity (Wildman–Crippen MR) is 116 cm³/mol. The molecule has 8 heteroatoms. The van der Waals surface area contributed by atoms with E-state index in [0.717, 1.165) is 12.0 Å². The van der Waals surface area contributed by atoms with Crippen LogP contribution in [0.3, 0.4) is 0 Å². The van der Waals surface area contributed by atoms with Crippen LogP contribution in [0.15, 0.2) is 53.4 Å². The van der Waals surface area contributed by atoms with Gasteiger partial charge in [-0.1, -0.05) is 30.3 Å². The molecule has 0 amide bonds. The van der Waals surface area contributed by atoms with Gasteiger partial charge in [-0.05, 0) is 62.9 Å². The molecule has 0 atom stereocenters. The van der Waals surface area contributed by atoms with E-state index in [1.807, 2.05) is 44.2 Å². The first kappa shape index (κ1) is 21.8. The minimum Gasteiger partial charge on any atom is -0.270 e. The van der Waals surface area contributed by atoms with Crippen molar-refractivity contribution in [2.75, 3.05) is 16.6 Å². The van der Waals surface area contributed by atoms with Gasteiger partial charge in [0.1, 0.15) is 0 Å². The van der Waals surface area contributed by atoms with Crippen LogP contribution in [0.4, 0.5) is 5.69 Å². The zero-order valence-electron chi connectivity index (χ0n) is 17.1. The molecule has 0 bridgehead atoms. The van der Waals surface area contributed by atoms with Crippen LogP contribution in [0.1, 0.15) is 37.8 Å². The zero-order valence-corrected chi connectivity index (χ0v) is 18.7. The molecule has 0 radical (unpaired) electrons. The Morgan fingerprint density at radius 2 is 1.76 bits per heavy atom. The van der Waals surface area contributed by atoms with E-state index in [1.165, 1.54) is 14.7 Å². The average molecular weight is 437 g/mol. The smallest absolute Gasteiger partial charge is 0.243 e. The van der Waals surface area contributed by atoms with Crippen LogP contribution in [0.25, 0.3) is 0 Å². The number of sulfonamides is 2. The number of hydrogen-bond acceptors (Lipinski definition) is 4. The molecule has 2 aromatic rings. The Hall–Kier alpha value is -1.90. The van der Waals surface area contributed by atoms with Crippen molar-refractivity contribution in [1.82, 2.24) is 4.31 Å². The summed E-state index contributed by atoms with van der Waals surface area (Å²) < 4.78 is 54.4. The summed E-state index contributed by atoms with van der Waals surface area (Å²) in [5, 5.41) is 0. The highest BCUT2D eigenvalue weighted by Gasteiger charge is 2.30. The summed E-state index contributed by atoms with van der Waals surface area (Å²) >= 11 is 0. The molecule has 3 rings (SSSR count). The van der Waals surface area contributed by atoms with Gasteiger partial charge in [0, 0.05) is 19.1 Å². The summed E-state index contributed by atoms with van der Waals surface area (Å²) in [4.78, 5) is 0.209. The van der Waals surface area contributed by atoms with Gasteiger partial charge in [-0.15, -0.1) is 0 Å². The lowest BCUT2D eigenvalue weighted by Gasteiger charge is -2.30. The highest BCUT2D eigenvalue weighted by Crippen LogP contribution is 2.30. The first-order chi connectivity index (χ1) is 13.6. The van der Waals surface area contributed by atoms with Gasteiger partial charge in [0.25, 0.3) is 0 Å². The molecule has 29 heavy (non-hydrogen) atoms. The van der Waals surface area contributed by atoms with Gasteiger partial charge in [0.05, 0.1) is 16.3 Å². The fourth-order valence-corrected chi connectivity index (χ4v) is 7.06. The van der Waals surface area contributed by atoms with Crippen LogP contribution < -0.4 is 4.31 Å². The SMILES string of the molecule is Cc1cc(N2CCCCS2(=O)=O)ccc1S(=O)(=O)N(Cc1ccccc1)C(C)C. The first-order valence-corrected chi connectivity index (χ1v) is 12.8. The number of hydrogen-bond donors (Lipinski definition) is 0. The Labute approximate surface area is 174 Å². The van der Waals surface area contributed by atoms with Gasteiger partial charge < -0.3 is 0 Å². The van der Waals surface area contributed by atoms with Crippen molar-refractivity contribution >= 4 is 25.7 Å². The van der Waals surface area contributed by atoms with Crippen molar-refractivity contribution in [3.63, 3.8) is 0 Å². The molecule has 0 unspecified atom stereocenters. The first-order valence-electron chi connectivity index (χ1n) is 9.80. The molecule has 1 heterocycles. The van der Waals surface area contributed by atoms with Crippen molar-refractivity contribution in [2.45, 2.75) is 51.1 Å². The summed E-state index contributed by atoms with van der Waals surface area (Å²) in [5.74, 6) is 0.129. The van der Waals surface area contributed by atoms with Crippen molar-refractivity contribution in [2.24, 2.45) is 0 Å². The van der Waals surface area contributed by atoms with Crippen molar-refractivity contribution in [3.05, 3.63) is 59.7 Å². The summed E-state index contributed by atoms with van der Waals surface area (Å²) in [6.45, 7) is 6.13. The molecule has 0 aromatic heterocycles. The molecule has 1 saturated heterocycles. The highest BCUT2D eigenvalue weighted by molar-refractivity contribution is 7.92. The minimum absolute atomic E-state index is 0.129. The van der Waals surface area contributed by atoms with Crippen LogP contribution in [0, 0.1) is 6.92 Å². The third kappa shape index (κ3) is 4.65. The van der Waals surface area contributed by atoms with E-state index in [0.29, 0.717) is 24.2 Å². The maximum atomic E-state index is 13.4. The lowest BCUT2D eigenvalue weighted by molar-refractivity contribution is 0.348. The molecule has 0 saturated carbocycles. The van der Waals surface area contributed by atoms with Crippen LogP contribution in [-0.4, -0.2) is 39.5 Å². The van der Waals surface area contributed by atoms with E-state index in [2.05, 4.69) is 0 Å². The van der Waals surface area contributed by atoms with Crippen LogP contribution in [0.2, 0.25) is 0 Å². The summed E-state index contributed by atoms with van der Waals surface area (Å²) in [5.41, 5.74) is 1.99. The monoisotopic (exact) mass is 436 g/mol. The Balaban J connectivity index is 1.95. The molecule has 2 aromatic carbocycles. The largest absolute Gasteiger partial charge is 0.270 e. The Morgan fingerprint density at radius 1 is 1.07 bits per heavy atom.